The number of methoxy groups -OCH3 is 1. The highest BCUT2D eigenvalue weighted by molar-refractivity contribution is 8.00. The summed E-state index contributed by atoms with van der Waals surface area (Å²) in [5.41, 5.74) is 2.74. The Bertz CT molecular complexity index is 1330. The number of hydrogen-bond donors (Lipinski definition) is 2. The van der Waals surface area contributed by atoms with Crippen LogP contribution in [0.2, 0.25) is 0 Å². The molecule has 4 aromatic rings. The molecule has 0 aliphatic rings. The predicted octanol–water partition coefficient (Wildman–Crippen LogP) is 6.82. The molecule has 2 amide bonds. The Balaban J connectivity index is 1.50. The number of benzene rings is 4. The summed E-state index contributed by atoms with van der Waals surface area (Å²) in [4.78, 5) is 26.9. The number of rotatable bonds is 10. The zero-order valence-electron chi connectivity index (χ0n) is 20.6. The Morgan fingerprint density at radius 1 is 0.784 bits per heavy atom. The topological polar surface area (TPSA) is 76.7 Å². The normalized spacial score (nSPS) is 11.3. The van der Waals surface area contributed by atoms with Gasteiger partial charge in [-0.3, -0.25) is 9.59 Å². The zero-order chi connectivity index (χ0) is 26.0. The van der Waals surface area contributed by atoms with Crippen molar-refractivity contribution in [1.82, 2.24) is 0 Å². The van der Waals surface area contributed by atoms with Crippen LogP contribution in [0.5, 0.6) is 11.5 Å². The van der Waals surface area contributed by atoms with Gasteiger partial charge < -0.3 is 20.1 Å². The van der Waals surface area contributed by atoms with Gasteiger partial charge in [0.2, 0.25) is 5.91 Å². The van der Waals surface area contributed by atoms with Crippen LogP contribution in [-0.4, -0.2) is 25.5 Å². The smallest absolute Gasteiger partial charge is 0.255 e. The first kappa shape index (κ1) is 25.9. The van der Waals surface area contributed by atoms with E-state index < -0.39 is 5.25 Å². The van der Waals surface area contributed by atoms with E-state index in [0.29, 0.717) is 29.3 Å². The van der Waals surface area contributed by atoms with Crippen LogP contribution in [0.25, 0.3) is 0 Å². The number of carbonyl (C=O) groups is 2. The van der Waals surface area contributed by atoms with Crippen molar-refractivity contribution >= 4 is 35.0 Å². The Labute approximate surface area is 221 Å². The molecule has 0 aliphatic heterocycles. The van der Waals surface area contributed by atoms with Gasteiger partial charge in [-0.15, -0.1) is 11.8 Å². The molecule has 0 heterocycles. The van der Waals surface area contributed by atoms with Crippen molar-refractivity contribution in [3.63, 3.8) is 0 Å². The molecule has 0 spiro atoms. The van der Waals surface area contributed by atoms with Crippen LogP contribution in [0.1, 0.15) is 28.1 Å². The van der Waals surface area contributed by atoms with Crippen LogP contribution in [0.4, 0.5) is 11.4 Å². The van der Waals surface area contributed by atoms with Gasteiger partial charge in [0, 0.05) is 21.8 Å². The third kappa shape index (κ3) is 7.15. The standard InChI is InChI=1S/C30H28N2O4S/c1-3-36-26-18-14-23(15-19-26)31-30(34)28(21-8-5-4-6-9-21)37-27-11-7-10-24(20-27)32-29(33)22-12-16-25(35-2)17-13-22/h4-20,28H,3H2,1-2H3,(H,31,34)(H,32,33). The zero-order valence-corrected chi connectivity index (χ0v) is 21.5. The van der Waals surface area contributed by atoms with E-state index in [1.165, 1.54) is 11.8 Å². The van der Waals surface area contributed by atoms with Gasteiger partial charge >= 0.3 is 0 Å². The second kappa shape index (κ2) is 12.6. The van der Waals surface area contributed by atoms with E-state index in [4.69, 9.17) is 9.47 Å². The summed E-state index contributed by atoms with van der Waals surface area (Å²) < 4.78 is 10.6. The summed E-state index contributed by atoms with van der Waals surface area (Å²) in [7, 11) is 1.58. The fourth-order valence-corrected chi connectivity index (χ4v) is 4.72. The largest absolute Gasteiger partial charge is 0.497 e. The summed E-state index contributed by atoms with van der Waals surface area (Å²) in [6.45, 7) is 2.51. The van der Waals surface area contributed by atoms with Crippen molar-refractivity contribution in [1.29, 1.82) is 0 Å². The van der Waals surface area contributed by atoms with Gasteiger partial charge in [-0.2, -0.15) is 0 Å². The lowest BCUT2D eigenvalue weighted by Gasteiger charge is -2.18. The van der Waals surface area contributed by atoms with E-state index in [9.17, 15) is 9.59 Å². The summed E-state index contributed by atoms with van der Waals surface area (Å²) >= 11 is 1.42. The summed E-state index contributed by atoms with van der Waals surface area (Å²) in [6, 6.07) is 31.3. The number of nitrogens with one attached hydrogen (secondary N) is 2. The fourth-order valence-electron chi connectivity index (χ4n) is 3.64. The molecule has 0 saturated carbocycles. The second-order valence-electron chi connectivity index (χ2n) is 8.07. The molecule has 4 rings (SSSR count). The van der Waals surface area contributed by atoms with Crippen LogP contribution in [-0.2, 0) is 4.79 Å². The number of ether oxygens (including phenoxy) is 2. The number of thioether (sulfide) groups is 1. The molecule has 1 atom stereocenters. The van der Waals surface area contributed by atoms with Crippen LogP contribution in [0, 0.1) is 0 Å². The molecule has 7 heteroatoms. The lowest BCUT2D eigenvalue weighted by atomic mass is 10.1. The molecule has 6 nitrogen and oxygen atoms in total. The molecule has 0 bridgehead atoms. The van der Waals surface area contributed by atoms with Crippen molar-refractivity contribution in [3.8, 4) is 11.5 Å². The van der Waals surface area contributed by atoms with Crippen LogP contribution < -0.4 is 20.1 Å². The molecule has 2 N–H and O–H groups in total. The maximum Gasteiger partial charge on any atom is 0.255 e. The SMILES string of the molecule is CCOc1ccc(NC(=O)C(Sc2cccc(NC(=O)c3ccc(OC)cc3)c2)c2ccccc2)cc1. The Morgan fingerprint density at radius 2 is 1.49 bits per heavy atom. The molecule has 0 radical (unpaired) electrons. The van der Waals surface area contributed by atoms with Crippen LogP contribution in [0.15, 0.2) is 108 Å². The highest BCUT2D eigenvalue weighted by Crippen LogP contribution is 2.37. The minimum Gasteiger partial charge on any atom is -0.497 e. The summed E-state index contributed by atoms with van der Waals surface area (Å²) in [5, 5.41) is 5.44. The fraction of sp³-hybridized carbons (Fsp3) is 0.133. The van der Waals surface area contributed by atoms with E-state index in [1.54, 1.807) is 31.4 Å². The van der Waals surface area contributed by atoms with E-state index in [2.05, 4.69) is 10.6 Å². The van der Waals surface area contributed by atoms with Gasteiger partial charge in [0.25, 0.3) is 5.91 Å². The Kier molecular flexibility index (Phi) is 8.84. The monoisotopic (exact) mass is 512 g/mol. The van der Waals surface area contributed by atoms with Gasteiger partial charge in [0.05, 0.1) is 13.7 Å². The van der Waals surface area contributed by atoms with Gasteiger partial charge in [-0.1, -0.05) is 36.4 Å². The van der Waals surface area contributed by atoms with Crippen LogP contribution in [0.3, 0.4) is 0 Å². The highest BCUT2D eigenvalue weighted by atomic mass is 32.2. The summed E-state index contributed by atoms with van der Waals surface area (Å²) in [5.74, 6) is 1.07. The first-order chi connectivity index (χ1) is 18.1. The first-order valence-electron chi connectivity index (χ1n) is 11.9. The molecular formula is C30H28N2O4S. The molecule has 0 aromatic heterocycles. The number of carbonyl (C=O) groups excluding carboxylic acids is 2. The highest BCUT2D eigenvalue weighted by Gasteiger charge is 2.22. The third-order valence-electron chi connectivity index (χ3n) is 5.47. The lowest BCUT2D eigenvalue weighted by Crippen LogP contribution is -2.19. The van der Waals surface area contributed by atoms with Crippen LogP contribution >= 0.6 is 11.8 Å². The molecule has 37 heavy (non-hydrogen) atoms. The van der Waals surface area contributed by atoms with Gasteiger partial charge in [-0.05, 0) is 79.2 Å². The molecule has 1 unspecified atom stereocenters. The van der Waals surface area contributed by atoms with E-state index in [0.717, 1.165) is 16.2 Å². The molecule has 4 aromatic carbocycles. The maximum absolute atomic E-state index is 13.4. The van der Waals surface area contributed by atoms with Crippen molar-refractivity contribution in [2.45, 2.75) is 17.1 Å². The molecule has 188 valence electrons. The van der Waals surface area contributed by atoms with Gasteiger partial charge in [0.1, 0.15) is 16.7 Å². The van der Waals surface area contributed by atoms with Gasteiger partial charge in [-0.25, -0.2) is 0 Å². The van der Waals surface area contributed by atoms with Gasteiger partial charge in [0.15, 0.2) is 0 Å². The minimum atomic E-state index is -0.500. The molecule has 0 aliphatic carbocycles. The second-order valence-corrected chi connectivity index (χ2v) is 9.24. The van der Waals surface area contributed by atoms with E-state index in [1.807, 2.05) is 85.8 Å². The van der Waals surface area contributed by atoms with E-state index in [-0.39, 0.29) is 11.8 Å². The quantitative estimate of drug-likeness (QED) is 0.228. The van der Waals surface area contributed by atoms with Crippen molar-refractivity contribution < 1.29 is 19.1 Å². The molecule has 0 saturated heterocycles. The predicted molar refractivity (Wildman–Crippen MR) is 149 cm³/mol. The lowest BCUT2D eigenvalue weighted by molar-refractivity contribution is -0.115. The summed E-state index contributed by atoms with van der Waals surface area (Å²) in [6.07, 6.45) is 0. The maximum atomic E-state index is 13.4. The van der Waals surface area contributed by atoms with Crippen molar-refractivity contribution in [2.24, 2.45) is 0 Å². The Hall–Kier alpha value is -4.23. The minimum absolute atomic E-state index is 0.145. The van der Waals surface area contributed by atoms with Crippen molar-refractivity contribution in [3.05, 3.63) is 114 Å². The van der Waals surface area contributed by atoms with Crippen molar-refractivity contribution in [2.75, 3.05) is 24.4 Å². The average Bonchev–Trinajstić information content (AvgIpc) is 2.93. The Morgan fingerprint density at radius 3 is 2.16 bits per heavy atom. The first-order valence-corrected chi connectivity index (χ1v) is 12.7. The third-order valence-corrected chi connectivity index (χ3v) is 6.72. The van der Waals surface area contributed by atoms with E-state index >= 15 is 0 Å². The number of anilines is 2. The molecule has 0 fully saturated rings. The molecular weight excluding hydrogens is 484 g/mol. The number of hydrogen-bond acceptors (Lipinski definition) is 5. The number of amides is 2. The average molecular weight is 513 g/mol.